The quantitative estimate of drug-likeness (QED) is 0.665. The second kappa shape index (κ2) is 5.74. The Morgan fingerprint density at radius 1 is 1.55 bits per heavy atom. The Morgan fingerprint density at radius 2 is 2.30 bits per heavy atom. The van der Waals surface area contributed by atoms with Gasteiger partial charge >= 0.3 is 5.69 Å². The Kier molecular flexibility index (Phi) is 4.04. The molecule has 106 valence electrons. The topological polar surface area (TPSA) is 85.9 Å². The fraction of sp³-hybridized carbons (Fsp3) is 0.333. The Hall–Kier alpha value is -2.35. The van der Waals surface area contributed by atoms with Crippen LogP contribution < -0.4 is 5.32 Å². The molecule has 0 radical (unpaired) electrons. The van der Waals surface area contributed by atoms with Gasteiger partial charge in [0.1, 0.15) is 12.2 Å². The van der Waals surface area contributed by atoms with E-state index in [-0.39, 0.29) is 6.04 Å². The molecular formula is C12H14FN5O2. The number of hydrogen-bond donors (Lipinski definition) is 1. The van der Waals surface area contributed by atoms with Gasteiger partial charge in [0.2, 0.25) is 5.82 Å². The minimum absolute atomic E-state index is 0.0687. The van der Waals surface area contributed by atoms with Gasteiger partial charge in [0.25, 0.3) is 0 Å². The van der Waals surface area contributed by atoms with Crippen LogP contribution in [0.5, 0.6) is 0 Å². The summed E-state index contributed by atoms with van der Waals surface area (Å²) >= 11 is 0. The van der Waals surface area contributed by atoms with Crippen molar-refractivity contribution in [3.05, 3.63) is 51.8 Å². The molecule has 0 amide bonds. The van der Waals surface area contributed by atoms with Crippen molar-refractivity contribution in [1.29, 1.82) is 0 Å². The summed E-state index contributed by atoms with van der Waals surface area (Å²) in [6, 6.07) is 3.78. The highest BCUT2D eigenvalue weighted by Crippen LogP contribution is 2.18. The number of halogens is 1. The molecule has 0 bridgehead atoms. The summed E-state index contributed by atoms with van der Waals surface area (Å²) in [5.74, 6) is -0.0759. The lowest BCUT2D eigenvalue weighted by Gasteiger charge is -2.12. The average Bonchev–Trinajstić information content (AvgIpc) is 2.82. The Bertz CT molecular complexity index is 628. The van der Waals surface area contributed by atoms with E-state index in [4.69, 9.17) is 0 Å². The van der Waals surface area contributed by atoms with E-state index in [0.717, 1.165) is 11.9 Å². The molecule has 0 aliphatic heterocycles. The van der Waals surface area contributed by atoms with Crippen LogP contribution in [0.1, 0.15) is 24.4 Å². The van der Waals surface area contributed by atoms with E-state index in [9.17, 15) is 14.5 Å². The van der Waals surface area contributed by atoms with Crippen LogP contribution in [-0.2, 0) is 13.6 Å². The summed E-state index contributed by atoms with van der Waals surface area (Å²) in [7, 11) is 1.83. The van der Waals surface area contributed by atoms with Crippen LogP contribution >= 0.6 is 0 Å². The summed E-state index contributed by atoms with van der Waals surface area (Å²) < 4.78 is 15.3. The maximum atomic E-state index is 13.5. The van der Waals surface area contributed by atoms with Gasteiger partial charge in [-0.05, 0) is 18.6 Å². The fourth-order valence-corrected chi connectivity index (χ4v) is 1.85. The molecule has 0 spiro atoms. The normalized spacial score (nSPS) is 12.3. The van der Waals surface area contributed by atoms with Crippen LogP contribution in [0.3, 0.4) is 0 Å². The molecule has 0 aliphatic rings. The molecule has 0 fully saturated rings. The molecule has 7 nitrogen and oxygen atoms in total. The van der Waals surface area contributed by atoms with Crippen LogP contribution in [0.25, 0.3) is 0 Å². The lowest BCUT2D eigenvalue weighted by atomic mass is 10.2. The first kappa shape index (κ1) is 14.1. The van der Waals surface area contributed by atoms with Gasteiger partial charge in [-0.2, -0.15) is 4.39 Å². The van der Waals surface area contributed by atoms with Gasteiger partial charge < -0.3 is 9.88 Å². The molecule has 1 atom stereocenters. The summed E-state index contributed by atoms with van der Waals surface area (Å²) in [6.07, 6.45) is 1.60. The molecule has 1 aromatic carbocycles. The van der Waals surface area contributed by atoms with Crippen LogP contribution in [0.4, 0.5) is 10.1 Å². The Balaban J connectivity index is 2.03. The monoisotopic (exact) mass is 279 g/mol. The van der Waals surface area contributed by atoms with Gasteiger partial charge in [0, 0.05) is 19.7 Å². The first-order valence-electron chi connectivity index (χ1n) is 5.99. The van der Waals surface area contributed by atoms with Crippen molar-refractivity contribution in [2.75, 3.05) is 0 Å². The zero-order valence-electron chi connectivity index (χ0n) is 11.1. The van der Waals surface area contributed by atoms with Crippen LogP contribution in [0.15, 0.2) is 24.5 Å². The molecule has 1 N–H and O–H groups in total. The molecular weight excluding hydrogens is 265 g/mol. The maximum Gasteiger partial charge on any atom is 0.304 e. The molecule has 0 saturated heterocycles. The van der Waals surface area contributed by atoms with E-state index in [0.29, 0.717) is 12.1 Å². The third-order valence-electron chi connectivity index (χ3n) is 2.95. The summed E-state index contributed by atoms with van der Waals surface area (Å²) in [5, 5.41) is 21.4. The van der Waals surface area contributed by atoms with Gasteiger partial charge in [-0.3, -0.25) is 10.1 Å². The van der Waals surface area contributed by atoms with E-state index >= 15 is 0 Å². The Labute approximate surface area is 114 Å². The van der Waals surface area contributed by atoms with Crippen molar-refractivity contribution in [3.63, 3.8) is 0 Å². The van der Waals surface area contributed by atoms with Gasteiger partial charge in [0.05, 0.1) is 11.0 Å². The molecule has 2 rings (SSSR count). The maximum absolute atomic E-state index is 13.5. The molecule has 20 heavy (non-hydrogen) atoms. The second-order valence-electron chi connectivity index (χ2n) is 4.45. The zero-order valence-corrected chi connectivity index (χ0v) is 11.1. The van der Waals surface area contributed by atoms with E-state index in [1.165, 1.54) is 12.1 Å². The van der Waals surface area contributed by atoms with Gasteiger partial charge in [-0.25, -0.2) is 0 Å². The lowest BCUT2D eigenvalue weighted by molar-refractivity contribution is -0.387. The van der Waals surface area contributed by atoms with Crippen molar-refractivity contribution >= 4 is 5.69 Å². The number of nitrogens with zero attached hydrogens (tertiary/aromatic N) is 4. The molecule has 1 unspecified atom stereocenters. The smallest absolute Gasteiger partial charge is 0.304 e. The van der Waals surface area contributed by atoms with Crippen LogP contribution in [-0.4, -0.2) is 19.7 Å². The highest BCUT2D eigenvalue weighted by Gasteiger charge is 2.15. The highest BCUT2D eigenvalue weighted by molar-refractivity contribution is 5.34. The second-order valence-corrected chi connectivity index (χ2v) is 4.45. The van der Waals surface area contributed by atoms with E-state index in [2.05, 4.69) is 15.5 Å². The molecule has 1 heterocycles. The predicted octanol–water partition coefficient (Wildman–Crippen LogP) is 1.71. The van der Waals surface area contributed by atoms with Crippen molar-refractivity contribution in [1.82, 2.24) is 20.1 Å². The number of nitrogens with one attached hydrogen (secondary N) is 1. The molecule has 0 aliphatic carbocycles. The van der Waals surface area contributed by atoms with Gasteiger partial charge in [-0.15, -0.1) is 10.2 Å². The van der Waals surface area contributed by atoms with Crippen molar-refractivity contribution < 1.29 is 9.31 Å². The third-order valence-corrected chi connectivity index (χ3v) is 2.95. The third kappa shape index (κ3) is 2.97. The number of rotatable bonds is 5. The SMILES string of the molecule is CC(NCc1ccc([N+](=O)[O-])c(F)c1)c1nncn1C. The predicted molar refractivity (Wildman–Crippen MR) is 69.3 cm³/mol. The summed E-state index contributed by atoms with van der Waals surface area (Å²) in [4.78, 5) is 9.78. The average molecular weight is 279 g/mol. The number of nitro groups is 1. The summed E-state index contributed by atoms with van der Waals surface area (Å²) in [5.41, 5.74) is 0.109. The van der Waals surface area contributed by atoms with Crippen molar-refractivity contribution in [2.45, 2.75) is 19.5 Å². The van der Waals surface area contributed by atoms with Gasteiger partial charge in [0.15, 0.2) is 0 Å². The first-order valence-corrected chi connectivity index (χ1v) is 5.99. The van der Waals surface area contributed by atoms with E-state index < -0.39 is 16.4 Å². The standard InChI is InChI=1S/C12H14FN5O2/c1-8(12-16-15-7-17(12)2)14-6-9-3-4-11(18(19)20)10(13)5-9/h3-5,7-8,14H,6H2,1-2H3. The van der Waals surface area contributed by atoms with E-state index in [1.807, 2.05) is 14.0 Å². The van der Waals surface area contributed by atoms with Gasteiger partial charge in [-0.1, -0.05) is 6.07 Å². The molecule has 0 saturated carbocycles. The lowest BCUT2D eigenvalue weighted by Crippen LogP contribution is -2.21. The van der Waals surface area contributed by atoms with Crippen LogP contribution in [0, 0.1) is 15.9 Å². The number of nitro benzene ring substituents is 1. The molecule has 1 aromatic heterocycles. The minimum Gasteiger partial charge on any atom is -0.319 e. The largest absolute Gasteiger partial charge is 0.319 e. The number of aromatic nitrogens is 3. The number of aryl methyl sites for hydroxylation is 1. The number of hydrogen-bond acceptors (Lipinski definition) is 5. The van der Waals surface area contributed by atoms with Crippen LogP contribution in [0.2, 0.25) is 0 Å². The summed E-state index contributed by atoms with van der Waals surface area (Å²) in [6.45, 7) is 2.29. The number of benzene rings is 1. The van der Waals surface area contributed by atoms with E-state index in [1.54, 1.807) is 10.9 Å². The highest BCUT2D eigenvalue weighted by atomic mass is 19.1. The Morgan fingerprint density at radius 3 is 2.85 bits per heavy atom. The van der Waals surface area contributed by atoms with Crippen molar-refractivity contribution in [3.8, 4) is 0 Å². The first-order chi connectivity index (χ1) is 9.49. The zero-order chi connectivity index (χ0) is 14.7. The molecule has 2 aromatic rings. The van der Waals surface area contributed by atoms with Crippen molar-refractivity contribution in [2.24, 2.45) is 7.05 Å². The molecule has 8 heteroatoms. The fourth-order valence-electron chi connectivity index (χ4n) is 1.85. The minimum atomic E-state index is -0.833.